The lowest BCUT2D eigenvalue weighted by Gasteiger charge is -2.12. The van der Waals surface area contributed by atoms with Gasteiger partial charge in [0.15, 0.2) is 0 Å². The van der Waals surface area contributed by atoms with E-state index in [0.717, 1.165) is 24.0 Å². The Morgan fingerprint density at radius 2 is 2.12 bits per heavy atom. The first-order chi connectivity index (χ1) is 12.1. The van der Waals surface area contributed by atoms with E-state index in [-0.39, 0.29) is 11.6 Å². The average Bonchev–Trinajstić information content (AvgIpc) is 3.02. The van der Waals surface area contributed by atoms with Crippen molar-refractivity contribution in [3.8, 4) is 6.07 Å². The Labute approximate surface area is 146 Å². The van der Waals surface area contributed by atoms with Crippen LogP contribution in [0, 0.1) is 11.3 Å². The van der Waals surface area contributed by atoms with Crippen LogP contribution in [-0.4, -0.2) is 41.0 Å². The van der Waals surface area contributed by atoms with Crippen LogP contribution in [0.1, 0.15) is 16.1 Å². The van der Waals surface area contributed by atoms with Gasteiger partial charge in [-0.1, -0.05) is 6.07 Å². The maximum atomic E-state index is 12.3. The molecule has 1 N–H and O–H groups in total. The molecule has 0 fully saturated rings. The predicted octanol–water partition coefficient (Wildman–Crippen LogP) is 2.72. The fourth-order valence-corrected chi connectivity index (χ4v) is 2.55. The summed E-state index contributed by atoms with van der Waals surface area (Å²) in [5, 5.41) is 12.8. The van der Waals surface area contributed by atoms with E-state index in [1.165, 1.54) is 6.20 Å². The van der Waals surface area contributed by atoms with Crippen molar-refractivity contribution in [1.82, 2.24) is 14.5 Å². The lowest BCUT2D eigenvalue weighted by atomic mass is 10.2. The largest absolute Gasteiger partial charge is 0.346 e. The molecule has 25 heavy (non-hydrogen) atoms. The Balaban J connectivity index is 1.79. The molecular weight excluding hydrogens is 314 g/mol. The first-order valence-electron chi connectivity index (χ1n) is 7.98. The fraction of sp³-hybridized carbons (Fsp3) is 0.211. The van der Waals surface area contributed by atoms with E-state index >= 15 is 0 Å². The average molecular weight is 333 g/mol. The van der Waals surface area contributed by atoms with Crippen LogP contribution in [0.2, 0.25) is 0 Å². The zero-order valence-electron chi connectivity index (χ0n) is 14.2. The zero-order chi connectivity index (χ0) is 17.8. The summed E-state index contributed by atoms with van der Waals surface area (Å²) in [5.41, 5.74) is 2.50. The molecule has 0 aliphatic carbocycles. The first-order valence-corrected chi connectivity index (χ1v) is 7.98. The van der Waals surface area contributed by atoms with E-state index in [9.17, 15) is 4.79 Å². The lowest BCUT2D eigenvalue weighted by molar-refractivity contribution is 0.102. The second-order valence-electron chi connectivity index (χ2n) is 6.08. The predicted molar refractivity (Wildman–Crippen MR) is 97.4 cm³/mol. The van der Waals surface area contributed by atoms with Crippen molar-refractivity contribution in [2.75, 3.05) is 26.0 Å². The number of amides is 1. The summed E-state index contributed by atoms with van der Waals surface area (Å²) in [6, 6.07) is 13.0. The molecule has 126 valence electrons. The minimum atomic E-state index is -0.296. The van der Waals surface area contributed by atoms with Gasteiger partial charge in [-0.15, -0.1) is 0 Å². The van der Waals surface area contributed by atoms with Crippen molar-refractivity contribution in [2.45, 2.75) is 6.54 Å². The minimum absolute atomic E-state index is 0.280. The summed E-state index contributed by atoms with van der Waals surface area (Å²) in [6.07, 6.45) is 3.45. The third-order valence-electron chi connectivity index (χ3n) is 3.95. The molecule has 0 bridgehead atoms. The molecule has 6 nitrogen and oxygen atoms in total. The van der Waals surface area contributed by atoms with Crippen LogP contribution in [0.3, 0.4) is 0 Å². The summed E-state index contributed by atoms with van der Waals surface area (Å²) >= 11 is 0. The highest BCUT2D eigenvalue weighted by Gasteiger charge is 2.09. The standard InChI is InChI=1S/C19H19N5O/c1-23(2)9-10-24-8-7-15-4-5-16(11-18(15)24)22-19(25)17-6-3-14(12-20)13-21-17/h3-8,11,13H,9-10H2,1-2H3,(H,22,25). The third-order valence-corrected chi connectivity index (χ3v) is 3.95. The number of fused-ring (bicyclic) bond motifs is 1. The summed E-state index contributed by atoms with van der Waals surface area (Å²) in [4.78, 5) is 18.5. The van der Waals surface area contributed by atoms with Gasteiger partial charge in [-0.05, 0) is 49.8 Å². The quantitative estimate of drug-likeness (QED) is 0.779. The first kappa shape index (κ1) is 16.7. The lowest BCUT2D eigenvalue weighted by Crippen LogP contribution is -2.18. The molecule has 0 aliphatic heterocycles. The van der Waals surface area contributed by atoms with Gasteiger partial charge in [-0.2, -0.15) is 5.26 Å². The van der Waals surface area contributed by atoms with Gasteiger partial charge < -0.3 is 14.8 Å². The van der Waals surface area contributed by atoms with Crippen LogP contribution in [0.25, 0.3) is 10.9 Å². The molecule has 0 aliphatic rings. The Bertz CT molecular complexity index is 935. The smallest absolute Gasteiger partial charge is 0.274 e. The van der Waals surface area contributed by atoms with Gasteiger partial charge in [0.1, 0.15) is 11.8 Å². The number of carbonyl (C=O) groups is 1. The molecule has 3 aromatic rings. The number of pyridine rings is 1. The number of nitrogens with zero attached hydrogens (tertiary/aromatic N) is 4. The van der Waals surface area contributed by atoms with E-state index in [4.69, 9.17) is 5.26 Å². The molecule has 0 saturated carbocycles. The summed E-state index contributed by atoms with van der Waals surface area (Å²) < 4.78 is 2.17. The zero-order valence-corrected chi connectivity index (χ0v) is 14.2. The van der Waals surface area contributed by atoms with Gasteiger partial charge in [-0.25, -0.2) is 4.98 Å². The summed E-state index contributed by atoms with van der Waals surface area (Å²) in [5.74, 6) is -0.296. The van der Waals surface area contributed by atoms with Gasteiger partial charge in [0, 0.05) is 31.2 Å². The second-order valence-corrected chi connectivity index (χ2v) is 6.08. The fourth-order valence-electron chi connectivity index (χ4n) is 2.55. The van der Waals surface area contributed by atoms with Crippen LogP contribution < -0.4 is 5.32 Å². The van der Waals surface area contributed by atoms with Crippen molar-refractivity contribution in [2.24, 2.45) is 0 Å². The van der Waals surface area contributed by atoms with Gasteiger partial charge in [0.05, 0.1) is 11.1 Å². The molecule has 1 amide bonds. The molecule has 1 aromatic carbocycles. The van der Waals surface area contributed by atoms with Crippen molar-refractivity contribution in [3.05, 3.63) is 60.0 Å². The molecule has 0 radical (unpaired) electrons. The van der Waals surface area contributed by atoms with Gasteiger partial charge >= 0.3 is 0 Å². The van der Waals surface area contributed by atoms with Gasteiger partial charge in [-0.3, -0.25) is 4.79 Å². The topological polar surface area (TPSA) is 73.9 Å². The number of aromatic nitrogens is 2. The van der Waals surface area contributed by atoms with E-state index in [2.05, 4.69) is 32.0 Å². The van der Waals surface area contributed by atoms with E-state index < -0.39 is 0 Å². The third kappa shape index (κ3) is 3.84. The number of hydrogen-bond acceptors (Lipinski definition) is 4. The molecule has 2 aromatic heterocycles. The van der Waals surface area contributed by atoms with Crippen molar-refractivity contribution < 1.29 is 4.79 Å². The highest BCUT2D eigenvalue weighted by Crippen LogP contribution is 2.21. The Kier molecular flexibility index (Phi) is 4.78. The maximum absolute atomic E-state index is 12.3. The highest BCUT2D eigenvalue weighted by molar-refractivity contribution is 6.03. The number of hydrogen-bond donors (Lipinski definition) is 1. The number of nitriles is 1. The summed E-state index contributed by atoms with van der Waals surface area (Å²) in [7, 11) is 4.09. The van der Waals surface area contributed by atoms with E-state index in [1.807, 2.05) is 38.4 Å². The van der Waals surface area contributed by atoms with Crippen LogP contribution in [0.5, 0.6) is 0 Å². The number of anilines is 1. The number of carbonyl (C=O) groups excluding carboxylic acids is 1. The molecule has 0 saturated heterocycles. The Morgan fingerprint density at radius 3 is 2.80 bits per heavy atom. The van der Waals surface area contributed by atoms with Crippen LogP contribution >= 0.6 is 0 Å². The van der Waals surface area contributed by atoms with Crippen molar-refractivity contribution in [1.29, 1.82) is 5.26 Å². The minimum Gasteiger partial charge on any atom is -0.346 e. The van der Waals surface area contributed by atoms with Crippen molar-refractivity contribution >= 4 is 22.5 Å². The van der Waals surface area contributed by atoms with Crippen LogP contribution in [0.4, 0.5) is 5.69 Å². The van der Waals surface area contributed by atoms with Gasteiger partial charge in [0.25, 0.3) is 5.91 Å². The second kappa shape index (κ2) is 7.16. The molecule has 2 heterocycles. The molecule has 0 atom stereocenters. The molecule has 0 unspecified atom stereocenters. The Hall–Kier alpha value is -3.17. The van der Waals surface area contributed by atoms with E-state index in [1.54, 1.807) is 12.1 Å². The summed E-state index contributed by atoms with van der Waals surface area (Å²) in [6.45, 7) is 1.82. The molecular formula is C19H19N5O. The number of likely N-dealkylation sites (N-methyl/N-ethyl adjacent to an activating group) is 1. The van der Waals surface area contributed by atoms with Crippen molar-refractivity contribution in [3.63, 3.8) is 0 Å². The molecule has 0 spiro atoms. The van der Waals surface area contributed by atoms with Crippen LogP contribution in [-0.2, 0) is 6.54 Å². The normalized spacial score (nSPS) is 10.8. The maximum Gasteiger partial charge on any atom is 0.274 e. The monoisotopic (exact) mass is 333 g/mol. The number of rotatable bonds is 5. The SMILES string of the molecule is CN(C)CCn1ccc2ccc(NC(=O)c3ccc(C#N)cn3)cc21. The molecule has 3 rings (SSSR count). The Morgan fingerprint density at radius 1 is 1.28 bits per heavy atom. The number of nitrogens with one attached hydrogen (secondary N) is 1. The molecule has 6 heteroatoms. The van der Waals surface area contributed by atoms with Crippen LogP contribution in [0.15, 0.2) is 48.8 Å². The highest BCUT2D eigenvalue weighted by atomic mass is 16.1. The van der Waals surface area contributed by atoms with Gasteiger partial charge in [0.2, 0.25) is 0 Å². The van der Waals surface area contributed by atoms with E-state index in [0.29, 0.717) is 11.3 Å². The number of benzene rings is 1.